The zero-order valence-electron chi connectivity index (χ0n) is 15.3. The van der Waals surface area contributed by atoms with Gasteiger partial charge in [0.05, 0.1) is 5.30 Å². The summed E-state index contributed by atoms with van der Waals surface area (Å²) in [6.45, 7) is 0. The maximum absolute atomic E-state index is 11.7. The van der Waals surface area contributed by atoms with Crippen molar-refractivity contribution in [3.63, 3.8) is 0 Å². The third-order valence-electron chi connectivity index (χ3n) is 4.71. The molecule has 0 fully saturated rings. The van der Waals surface area contributed by atoms with E-state index in [4.69, 9.17) is 0 Å². The summed E-state index contributed by atoms with van der Waals surface area (Å²) in [7, 11) is 0.0267. The fraction of sp³-hybridized carbons (Fsp3) is 0. The Morgan fingerprint density at radius 2 is 1.07 bits per heavy atom. The van der Waals surface area contributed by atoms with Gasteiger partial charge < -0.3 is 0 Å². The SMILES string of the molecule is O=Pc1cc(-c2ccccc2)ccc1/C=C\c1ccc(-c2ccccc2)cc1. The zero-order chi connectivity index (χ0) is 19.2. The van der Waals surface area contributed by atoms with Gasteiger partial charge in [-0.25, -0.2) is 0 Å². The Hall–Kier alpha value is -3.28. The quantitative estimate of drug-likeness (QED) is 0.267. The van der Waals surface area contributed by atoms with Crippen LogP contribution in [0.1, 0.15) is 11.1 Å². The molecule has 2 heteroatoms. The molecule has 0 unspecified atom stereocenters. The van der Waals surface area contributed by atoms with Crippen molar-refractivity contribution >= 4 is 25.9 Å². The van der Waals surface area contributed by atoms with Gasteiger partial charge in [0.15, 0.2) is 8.46 Å². The number of hydrogen-bond donors (Lipinski definition) is 0. The van der Waals surface area contributed by atoms with Crippen LogP contribution >= 0.6 is 8.46 Å². The van der Waals surface area contributed by atoms with Gasteiger partial charge in [0.1, 0.15) is 0 Å². The second kappa shape index (κ2) is 8.61. The lowest BCUT2D eigenvalue weighted by Crippen LogP contribution is -1.98. The molecule has 0 aliphatic heterocycles. The van der Waals surface area contributed by atoms with Crippen molar-refractivity contribution in [2.45, 2.75) is 0 Å². The van der Waals surface area contributed by atoms with Crippen LogP contribution in [0.25, 0.3) is 34.4 Å². The van der Waals surface area contributed by atoms with Crippen LogP contribution in [0.5, 0.6) is 0 Å². The van der Waals surface area contributed by atoms with Gasteiger partial charge in [0.25, 0.3) is 0 Å². The molecule has 134 valence electrons. The van der Waals surface area contributed by atoms with E-state index < -0.39 is 0 Å². The van der Waals surface area contributed by atoms with Crippen molar-refractivity contribution in [2.75, 3.05) is 0 Å². The van der Waals surface area contributed by atoms with E-state index in [1.807, 2.05) is 54.6 Å². The van der Waals surface area contributed by atoms with Crippen LogP contribution in [0.15, 0.2) is 103 Å². The van der Waals surface area contributed by atoms with Crippen LogP contribution in [-0.2, 0) is 4.57 Å². The first kappa shape index (κ1) is 18.1. The molecule has 0 radical (unpaired) electrons. The molecule has 0 atom stereocenters. The van der Waals surface area contributed by atoms with Crippen molar-refractivity contribution in [1.29, 1.82) is 0 Å². The van der Waals surface area contributed by atoms with Crippen molar-refractivity contribution in [3.8, 4) is 22.3 Å². The van der Waals surface area contributed by atoms with Gasteiger partial charge in [0, 0.05) is 0 Å². The minimum absolute atomic E-state index is 0.0267. The fourth-order valence-corrected chi connectivity index (χ4v) is 3.62. The molecule has 0 spiro atoms. The van der Waals surface area contributed by atoms with E-state index >= 15 is 0 Å². The van der Waals surface area contributed by atoms with Crippen LogP contribution in [0, 0.1) is 0 Å². The minimum atomic E-state index is 0.0267. The molecule has 0 heterocycles. The molecular weight excluding hydrogens is 359 g/mol. The average Bonchev–Trinajstić information content (AvgIpc) is 2.79. The second-order valence-corrected chi connectivity index (χ2v) is 7.22. The van der Waals surface area contributed by atoms with E-state index in [1.165, 1.54) is 11.1 Å². The van der Waals surface area contributed by atoms with Gasteiger partial charge in [-0.05, 0) is 39.4 Å². The Morgan fingerprint density at radius 3 is 1.68 bits per heavy atom. The fourth-order valence-electron chi connectivity index (χ4n) is 3.18. The highest BCUT2D eigenvalue weighted by molar-refractivity contribution is 7.34. The van der Waals surface area contributed by atoms with Gasteiger partial charge >= 0.3 is 0 Å². The standard InChI is InChI=1S/C26H19OP/c27-28-26-19-25(22-9-5-2-6-10-22)18-17-24(26)16-13-20-11-14-23(15-12-20)21-7-3-1-4-8-21/h1-19H/b16-13-. The molecule has 4 aromatic rings. The summed E-state index contributed by atoms with van der Waals surface area (Å²) >= 11 is 0. The molecule has 1 nitrogen and oxygen atoms in total. The minimum Gasteiger partial charge on any atom is -0.269 e. The first-order valence-corrected chi connectivity index (χ1v) is 10.0. The Balaban J connectivity index is 1.57. The summed E-state index contributed by atoms with van der Waals surface area (Å²) in [4.78, 5) is 0. The topological polar surface area (TPSA) is 17.1 Å². The molecule has 0 saturated heterocycles. The largest absolute Gasteiger partial charge is 0.269 e. The molecule has 28 heavy (non-hydrogen) atoms. The highest BCUT2D eigenvalue weighted by Gasteiger charge is 2.04. The third kappa shape index (κ3) is 4.17. The second-order valence-electron chi connectivity index (χ2n) is 6.55. The lowest BCUT2D eigenvalue weighted by atomic mass is 10.0. The van der Waals surface area contributed by atoms with Crippen molar-refractivity contribution in [3.05, 3.63) is 114 Å². The number of benzene rings is 4. The summed E-state index contributed by atoms with van der Waals surface area (Å²) in [5.74, 6) is 0. The van der Waals surface area contributed by atoms with Crippen LogP contribution in [0.2, 0.25) is 0 Å². The molecule has 0 aromatic heterocycles. The monoisotopic (exact) mass is 378 g/mol. The Morgan fingerprint density at radius 1 is 0.536 bits per heavy atom. The van der Waals surface area contributed by atoms with Gasteiger partial charge in [-0.2, -0.15) is 0 Å². The molecule has 4 rings (SSSR count). The van der Waals surface area contributed by atoms with Crippen LogP contribution in [-0.4, -0.2) is 0 Å². The van der Waals surface area contributed by atoms with Gasteiger partial charge in [-0.15, -0.1) is 0 Å². The molecule has 0 aliphatic carbocycles. The summed E-state index contributed by atoms with van der Waals surface area (Å²) in [6.07, 6.45) is 4.08. The zero-order valence-corrected chi connectivity index (χ0v) is 16.2. The third-order valence-corrected chi connectivity index (χ3v) is 5.29. The molecule has 0 bridgehead atoms. The van der Waals surface area contributed by atoms with Gasteiger partial charge in [0.2, 0.25) is 0 Å². The van der Waals surface area contributed by atoms with E-state index in [0.717, 1.165) is 27.6 Å². The highest BCUT2D eigenvalue weighted by atomic mass is 31.1. The molecular formula is C26H19OP. The maximum atomic E-state index is 11.7. The van der Waals surface area contributed by atoms with E-state index in [1.54, 1.807) is 0 Å². The van der Waals surface area contributed by atoms with Gasteiger partial charge in [-0.3, -0.25) is 4.57 Å². The van der Waals surface area contributed by atoms with E-state index in [9.17, 15) is 4.57 Å². The van der Waals surface area contributed by atoms with Crippen molar-refractivity contribution < 1.29 is 4.57 Å². The average molecular weight is 378 g/mol. The number of hydrogen-bond acceptors (Lipinski definition) is 1. The highest BCUT2D eigenvalue weighted by Crippen LogP contribution is 2.22. The lowest BCUT2D eigenvalue weighted by Gasteiger charge is -2.05. The Bertz CT molecular complexity index is 1100. The summed E-state index contributed by atoms with van der Waals surface area (Å²) in [5, 5.41) is 0.790. The van der Waals surface area contributed by atoms with E-state index in [-0.39, 0.29) is 8.46 Å². The number of rotatable bonds is 5. The van der Waals surface area contributed by atoms with Crippen LogP contribution < -0.4 is 5.30 Å². The van der Waals surface area contributed by atoms with Crippen molar-refractivity contribution in [2.24, 2.45) is 0 Å². The van der Waals surface area contributed by atoms with Crippen LogP contribution in [0.4, 0.5) is 0 Å². The van der Waals surface area contributed by atoms with Crippen molar-refractivity contribution in [1.82, 2.24) is 0 Å². The summed E-state index contributed by atoms with van der Waals surface area (Å²) < 4.78 is 11.7. The predicted octanol–water partition coefficient (Wildman–Crippen LogP) is 7.11. The summed E-state index contributed by atoms with van der Waals surface area (Å²) in [6, 6.07) is 35.0. The summed E-state index contributed by atoms with van der Waals surface area (Å²) in [5.41, 5.74) is 6.68. The lowest BCUT2D eigenvalue weighted by molar-refractivity contribution is 0.603. The van der Waals surface area contributed by atoms with E-state index in [2.05, 4.69) is 60.7 Å². The normalized spacial score (nSPS) is 11.1. The first-order valence-electron chi connectivity index (χ1n) is 9.20. The first-order chi connectivity index (χ1) is 13.8. The predicted molar refractivity (Wildman–Crippen MR) is 120 cm³/mol. The molecule has 4 aromatic carbocycles. The molecule has 0 aliphatic rings. The Kier molecular flexibility index (Phi) is 5.56. The molecule has 0 saturated carbocycles. The maximum Gasteiger partial charge on any atom is 0.192 e. The van der Waals surface area contributed by atoms with E-state index in [0.29, 0.717) is 0 Å². The van der Waals surface area contributed by atoms with Gasteiger partial charge in [-0.1, -0.05) is 109 Å². The molecule has 0 amide bonds. The van der Waals surface area contributed by atoms with Crippen LogP contribution in [0.3, 0.4) is 0 Å². The Labute approximate surface area is 167 Å². The molecule has 0 N–H and O–H groups in total. The smallest absolute Gasteiger partial charge is 0.192 e.